The maximum atomic E-state index is 11.7. The molecule has 2 nitrogen and oxygen atoms in total. The summed E-state index contributed by atoms with van der Waals surface area (Å²) in [6.07, 6.45) is 34.9. The van der Waals surface area contributed by atoms with Crippen LogP contribution in [0.5, 0.6) is 0 Å². The Labute approximate surface area is 221 Å². The van der Waals surface area contributed by atoms with Crippen LogP contribution in [0, 0.1) is 0 Å². The number of ether oxygens (including phenoxy) is 1. The van der Waals surface area contributed by atoms with Crippen LogP contribution in [-0.4, -0.2) is 11.6 Å². The average Bonchev–Trinajstić information content (AvgIpc) is 2.81. The van der Waals surface area contributed by atoms with Crippen molar-refractivity contribution in [2.75, 3.05) is 0 Å². The van der Waals surface area contributed by atoms with Crippen molar-refractivity contribution in [3.63, 3.8) is 0 Å². The molecular formula is C33H64O2. The lowest BCUT2D eigenvalue weighted by Crippen LogP contribution is -2.28. The third kappa shape index (κ3) is 26.1. The van der Waals surface area contributed by atoms with E-state index in [0.29, 0.717) is 5.57 Å². The highest BCUT2D eigenvalue weighted by molar-refractivity contribution is 5.87. The van der Waals surface area contributed by atoms with Crippen molar-refractivity contribution in [3.05, 3.63) is 12.2 Å². The van der Waals surface area contributed by atoms with Crippen LogP contribution in [0.25, 0.3) is 0 Å². The molecular weight excluding hydrogens is 428 g/mol. The zero-order chi connectivity index (χ0) is 26.0. The minimum Gasteiger partial charge on any atom is -0.456 e. The first-order valence-corrected chi connectivity index (χ1v) is 15.8. The molecule has 0 N–H and O–H groups in total. The second kappa shape index (κ2) is 24.9. The zero-order valence-corrected chi connectivity index (χ0v) is 24.7. The first-order valence-electron chi connectivity index (χ1n) is 15.8. The van der Waals surface area contributed by atoms with E-state index in [2.05, 4.69) is 13.5 Å². The molecule has 0 spiro atoms. The van der Waals surface area contributed by atoms with Crippen molar-refractivity contribution in [1.82, 2.24) is 0 Å². The first-order chi connectivity index (χ1) is 16.9. The molecule has 0 aliphatic rings. The van der Waals surface area contributed by atoms with Crippen molar-refractivity contribution in [3.8, 4) is 0 Å². The van der Waals surface area contributed by atoms with E-state index in [-0.39, 0.29) is 11.6 Å². The smallest absolute Gasteiger partial charge is 0.333 e. The summed E-state index contributed by atoms with van der Waals surface area (Å²) in [5, 5.41) is 0. The summed E-state index contributed by atoms with van der Waals surface area (Å²) in [4.78, 5) is 11.7. The molecule has 0 aliphatic heterocycles. The van der Waals surface area contributed by atoms with Gasteiger partial charge >= 0.3 is 5.97 Å². The molecule has 208 valence electrons. The van der Waals surface area contributed by atoms with Gasteiger partial charge in [0.1, 0.15) is 5.60 Å². The first kappa shape index (κ1) is 34.2. The minimum atomic E-state index is -0.372. The number of rotatable bonds is 27. The van der Waals surface area contributed by atoms with Crippen LogP contribution >= 0.6 is 0 Å². The molecule has 0 unspecified atom stereocenters. The summed E-state index contributed by atoms with van der Waals surface area (Å²) < 4.78 is 5.51. The molecule has 0 aliphatic carbocycles. The lowest BCUT2D eigenvalue weighted by molar-refractivity contribution is -0.152. The van der Waals surface area contributed by atoms with E-state index >= 15 is 0 Å². The van der Waals surface area contributed by atoms with Crippen LogP contribution in [0.4, 0.5) is 0 Å². The fraction of sp³-hybridized carbons (Fsp3) is 0.909. The van der Waals surface area contributed by atoms with Gasteiger partial charge in [0.25, 0.3) is 0 Å². The molecule has 0 rings (SSSR count). The zero-order valence-electron chi connectivity index (χ0n) is 24.7. The average molecular weight is 493 g/mol. The predicted octanol–water partition coefficient (Wildman–Crippen LogP) is 11.7. The number of esters is 1. The van der Waals surface area contributed by atoms with Gasteiger partial charge in [-0.2, -0.15) is 0 Å². The molecule has 0 amide bonds. The van der Waals surface area contributed by atoms with Gasteiger partial charge in [0.15, 0.2) is 0 Å². The molecule has 0 aromatic carbocycles. The number of carbonyl (C=O) groups is 1. The molecule has 0 radical (unpaired) electrons. The molecule has 0 fully saturated rings. The van der Waals surface area contributed by atoms with E-state index in [1.165, 1.54) is 148 Å². The normalized spacial score (nSPS) is 11.7. The topological polar surface area (TPSA) is 26.3 Å². The van der Waals surface area contributed by atoms with E-state index in [1.54, 1.807) is 6.92 Å². The van der Waals surface area contributed by atoms with Crippen molar-refractivity contribution in [2.24, 2.45) is 0 Å². The van der Waals surface area contributed by atoms with Crippen LogP contribution < -0.4 is 0 Å². The number of carbonyl (C=O) groups excluding carboxylic acids is 1. The van der Waals surface area contributed by atoms with Gasteiger partial charge in [-0.1, -0.05) is 161 Å². The third-order valence-electron chi connectivity index (χ3n) is 7.35. The molecule has 35 heavy (non-hydrogen) atoms. The van der Waals surface area contributed by atoms with Crippen LogP contribution in [0.3, 0.4) is 0 Å². The highest BCUT2D eigenvalue weighted by Crippen LogP contribution is 2.21. The van der Waals surface area contributed by atoms with Crippen molar-refractivity contribution >= 4 is 5.97 Å². The van der Waals surface area contributed by atoms with Gasteiger partial charge in [-0.15, -0.1) is 0 Å². The predicted molar refractivity (Wildman–Crippen MR) is 156 cm³/mol. The van der Waals surface area contributed by atoms with Crippen molar-refractivity contribution in [2.45, 2.75) is 194 Å². The summed E-state index contributed by atoms with van der Waals surface area (Å²) in [6, 6.07) is 0. The Morgan fingerprint density at radius 2 is 0.800 bits per heavy atom. The van der Waals surface area contributed by atoms with Crippen LogP contribution in [-0.2, 0) is 9.53 Å². The van der Waals surface area contributed by atoms with E-state index in [9.17, 15) is 4.79 Å². The quantitative estimate of drug-likeness (QED) is 0.0647. The Morgan fingerprint density at radius 1 is 0.543 bits per heavy atom. The van der Waals surface area contributed by atoms with Gasteiger partial charge < -0.3 is 4.74 Å². The number of unbranched alkanes of at least 4 members (excludes halogenated alkanes) is 23. The van der Waals surface area contributed by atoms with Crippen LogP contribution in [0.15, 0.2) is 12.2 Å². The summed E-state index contributed by atoms with van der Waals surface area (Å²) >= 11 is 0. The molecule has 0 bridgehead atoms. The fourth-order valence-electron chi connectivity index (χ4n) is 4.90. The second-order valence-corrected chi connectivity index (χ2v) is 11.8. The fourth-order valence-corrected chi connectivity index (χ4v) is 4.90. The molecule has 0 heterocycles. The van der Waals surface area contributed by atoms with Crippen molar-refractivity contribution < 1.29 is 9.53 Å². The Morgan fingerprint density at radius 3 is 1.06 bits per heavy atom. The van der Waals surface area contributed by atoms with Gasteiger partial charge in [0, 0.05) is 5.57 Å². The monoisotopic (exact) mass is 492 g/mol. The Balaban J connectivity index is 3.21. The summed E-state index contributed by atoms with van der Waals surface area (Å²) in [7, 11) is 0. The van der Waals surface area contributed by atoms with Gasteiger partial charge in [-0.3, -0.25) is 0 Å². The van der Waals surface area contributed by atoms with E-state index in [4.69, 9.17) is 4.74 Å². The third-order valence-corrected chi connectivity index (χ3v) is 7.35. The lowest BCUT2D eigenvalue weighted by atomic mass is 9.98. The van der Waals surface area contributed by atoms with Crippen molar-refractivity contribution in [1.29, 1.82) is 0 Å². The van der Waals surface area contributed by atoms with Gasteiger partial charge in [-0.05, 0) is 33.6 Å². The number of hydrogen-bond donors (Lipinski definition) is 0. The molecule has 0 saturated carbocycles. The van der Waals surface area contributed by atoms with Gasteiger partial charge in [-0.25, -0.2) is 4.79 Å². The van der Waals surface area contributed by atoms with Gasteiger partial charge in [0.2, 0.25) is 0 Å². The Bertz CT molecular complexity index is 479. The SMILES string of the molecule is C=C(C)C(=O)OC(C)(C)CCCCCCCCCCCCCCCCCCCCCCCCCC. The van der Waals surface area contributed by atoms with Crippen LogP contribution in [0.2, 0.25) is 0 Å². The standard InChI is InChI=1S/C33H64O2/c1-6-7-8-9-10-11-12-13-14-15-16-17-18-19-20-21-22-23-24-25-26-27-28-29-30-33(4,5)35-32(34)31(2)3/h2,6-30H2,1,3-5H3. The molecule has 0 atom stereocenters. The van der Waals surface area contributed by atoms with E-state index < -0.39 is 0 Å². The maximum absolute atomic E-state index is 11.7. The highest BCUT2D eigenvalue weighted by atomic mass is 16.6. The Kier molecular flexibility index (Phi) is 24.3. The largest absolute Gasteiger partial charge is 0.456 e. The molecule has 0 aromatic heterocycles. The van der Waals surface area contributed by atoms with E-state index in [1.807, 2.05) is 13.8 Å². The number of hydrogen-bond acceptors (Lipinski definition) is 2. The summed E-state index contributed by atoms with van der Waals surface area (Å²) in [6.45, 7) is 11.7. The summed E-state index contributed by atoms with van der Waals surface area (Å²) in [5.74, 6) is -0.264. The lowest BCUT2D eigenvalue weighted by Gasteiger charge is -2.25. The molecule has 0 aromatic rings. The second-order valence-electron chi connectivity index (χ2n) is 11.8. The highest BCUT2D eigenvalue weighted by Gasteiger charge is 2.22. The Hall–Kier alpha value is -0.790. The molecule has 0 saturated heterocycles. The minimum absolute atomic E-state index is 0.264. The maximum Gasteiger partial charge on any atom is 0.333 e. The van der Waals surface area contributed by atoms with Gasteiger partial charge in [0.05, 0.1) is 0 Å². The van der Waals surface area contributed by atoms with Crippen LogP contribution in [0.1, 0.15) is 188 Å². The molecule has 2 heteroatoms. The summed E-state index contributed by atoms with van der Waals surface area (Å²) in [5.41, 5.74) is 0.112. The van der Waals surface area contributed by atoms with E-state index in [0.717, 1.165) is 12.8 Å².